The zero-order chi connectivity index (χ0) is 9.26. The van der Waals surface area contributed by atoms with Gasteiger partial charge in [-0.15, -0.1) is 0 Å². The maximum absolute atomic E-state index is 10.8. The minimum Gasteiger partial charge on any atom is -0.428 e. The van der Waals surface area contributed by atoms with Crippen molar-refractivity contribution in [2.45, 2.75) is 0 Å². The lowest BCUT2D eigenvalue weighted by atomic mass is 10.2. The molecule has 0 radical (unpaired) electrons. The molecule has 1 aromatic carbocycles. The van der Waals surface area contributed by atoms with Gasteiger partial charge in [0.15, 0.2) is 28.6 Å². The fraction of sp³-hybridized carbons (Fsp3) is 0. The first-order valence-corrected chi connectivity index (χ1v) is 4.34. The maximum atomic E-state index is 10.8. The molecule has 0 N–H and O–H groups in total. The second-order valence-corrected chi connectivity index (χ2v) is 2.82. The highest BCUT2D eigenvalue weighted by Crippen LogP contribution is 2.19. The molecule has 0 aliphatic rings. The first kappa shape index (κ1) is 8.38. The SMILES string of the molecule is O=c1c#cc2ccc(OI)cc2o1. The molecule has 13 heavy (non-hydrogen) atoms. The second kappa shape index (κ2) is 3.26. The van der Waals surface area contributed by atoms with E-state index in [1.807, 2.05) is 0 Å². The summed E-state index contributed by atoms with van der Waals surface area (Å²) in [6.07, 6.45) is 0. The standard InChI is InChI=1S/C9H3IO3/c10-13-7-3-1-6-2-4-9(11)12-8(6)5-7/h1,3,5H. The third kappa shape index (κ3) is 1.60. The van der Waals surface area contributed by atoms with E-state index in [1.165, 1.54) is 0 Å². The summed E-state index contributed by atoms with van der Waals surface area (Å²) in [6.45, 7) is 0. The Balaban J connectivity index is 2.75. The second-order valence-electron chi connectivity index (χ2n) is 2.37. The summed E-state index contributed by atoms with van der Waals surface area (Å²) in [5.74, 6) is 0.635. The van der Waals surface area contributed by atoms with Crippen LogP contribution in [0.5, 0.6) is 5.75 Å². The molecule has 4 heteroatoms. The van der Waals surface area contributed by atoms with Crippen molar-refractivity contribution in [3.63, 3.8) is 0 Å². The lowest BCUT2D eigenvalue weighted by Gasteiger charge is -1.95. The van der Waals surface area contributed by atoms with Crippen molar-refractivity contribution >= 4 is 34.0 Å². The number of hydrogen-bond acceptors (Lipinski definition) is 3. The number of halogens is 1. The summed E-state index contributed by atoms with van der Waals surface area (Å²) < 4.78 is 9.82. The summed E-state index contributed by atoms with van der Waals surface area (Å²) in [4.78, 5) is 10.8. The Kier molecular flexibility index (Phi) is 2.10. The Hall–Kier alpha value is -1.22. The Labute approximate surface area is 88.0 Å². The predicted molar refractivity (Wildman–Crippen MR) is 54.8 cm³/mol. The molecule has 64 valence electrons. The molecule has 0 spiro atoms. The van der Waals surface area contributed by atoms with Crippen LogP contribution in [0.2, 0.25) is 0 Å². The van der Waals surface area contributed by atoms with E-state index in [0.717, 1.165) is 0 Å². The fourth-order valence-corrected chi connectivity index (χ4v) is 1.26. The molecular formula is C9H3IO3. The molecule has 2 aromatic rings. The quantitative estimate of drug-likeness (QED) is 0.754. The molecule has 0 atom stereocenters. The molecule has 0 fully saturated rings. The average molecular weight is 286 g/mol. The van der Waals surface area contributed by atoms with Crippen LogP contribution < -0.4 is 8.69 Å². The third-order valence-electron chi connectivity index (χ3n) is 1.54. The van der Waals surface area contributed by atoms with Crippen LogP contribution in [0.3, 0.4) is 0 Å². The first-order chi connectivity index (χ1) is 6.29. The minimum absolute atomic E-state index is 0.456. The van der Waals surface area contributed by atoms with Crippen LogP contribution >= 0.6 is 23.0 Å². The van der Waals surface area contributed by atoms with Crippen LogP contribution in [-0.4, -0.2) is 0 Å². The molecule has 1 aromatic heterocycles. The van der Waals surface area contributed by atoms with Gasteiger partial charge in [-0.05, 0) is 12.1 Å². The molecule has 3 nitrogen and oxygen atoms in total. The van der Waals surface area contributed by atoms with E-state index < -0.39 is 5.63 Å². The highest BCUT2D eigenvalue weighted by atomic mass is 127. The number of hydrogen-bond donors (Lipinski definition) is 0. The van der Waals surface area contributed by atoms with E-state index in [0.29, 0.717) is 16.7 Å². The van der Waals surface area contributed by atoms with Gasteiger partial charge >= 0.3 is 5.63 Å². The van der Waals surface area contributed by atoms with Crippen LogP contribution in [0.4, 0.5) is 0 Å². The lowest BCUT2D eigenvalue weighted by molar-refractivity contribution is 0.560. The molecule has 0 unspecified atom stereocenters. The Morgan fingerprint density at radius 3 is 3.00 bits per heavy atom. The minimum atomic E-state index is -0.530. The zero-order valence-corrected chi connectivity index (χ0v) is 8.49. The number of rotatable bonds is 1. The smallest absolute Gasteiger partial charge is 0.390 e. The molecule has 0 aliphatic heterocycles. The van der Waals surface area contributed by atoms with E-state index in [2.05, 4.69) is 12.1 Å². The van der Waals surface area contributed by atoms with E-state index in [-0.39, 0.29) is 0 Å². The number of benzene rings is 1. The van der Waals surface area contributed by atoms with Gasteiger partial charge in [0.25, 0.3) is 0 Å². The monoisotopic (exact) mass is 286 g/mol. The molecule has 0 amide bonds. The largest absolute Gasteiger partial charge is 0.428 e. The normalized spacial score (nSPS) is 9.62. The molecule has 0 saturated heterocycles. The fourth-order valence-electron chi connectivity index (χ4n) is 0.982. The first-order valence-electron chi connectivity index (χ1n) is 3.46. The van der Waals surface area contributed by atoms with Crippen molar-refractivity contribution in [1.82, 2.24) is 0 Å². The van der Waals surface area contributed by atoms with Gasteiger partial charge in [-0.25, -0.2) is 4.79 Å². The Bertz CT molecular complexity index is 489. The molecule has 2 rings (SSSR count). The van der Waals surface area contributed by atoms with Gasteiger partial charge in [-0.1, -0.05) is 6.07 Å². The van der Waals surface area contributed by atoms with Crippen molar-refractivity contribution in [2.75, 3.05) is 0 Å². The van der Waals surface area contributed by atoms with Crippen molar-refractivity contribution in [1.29, 1.82) is 0 Å². The van der Waals surface area contributed by atoms with Crippen molar-refractivity contribution in [3.8, 4) is 5.75 Å². The summed E-state index contributed by atoms with van der Waals surface area (Å²) in [7, 11) is 0. The summed E-state index contributed by atoms with van der Waals surface area (Å²) in [5, 5.41) is 0.705. The topological polar surface area (TPSA) is 39.4 Å². The van der Waals surface area contributed by atoms with Crippen molar-refractivity contribution in [3.05, 3.63) is 40.8 Å². The molecular weight excluding hydrogens is 283 g/mol. The van der Waals surface area contributed by atoms with Gasteiger partial charge in [0.1, 0.15) is 5.75 Å². The highest BCUT2D eigenvalue weighted by molar-refractivity contribution is 14.1. The van der Waals surface area contributed by atoms with Crippen LogP contribution in [-0.2, 0) is 0 Å². The van der Waals surface area contributed by atoms with E-state index in [4.69, 9.17) is 7.48 Å². The Morgan fingerprint density at radius 1 is 1.38 bits per heavy atom. The van der Waals surface area contributed by atoms with Gasteiger partial charge in [0.2, 0.25) is 0 Å². The van der Waals surface area contributed by atoms with Crippen LogP contribution in [0.1, 0.15) is 0 Å². The van der Waals surface area contributed by atoms with Gasteiger partial charge in [0, 0.05) is 12.1 Å². The van der Waals surface area contributed by atoms with Crippen molar-refractivity contribution < 1.29 is 7.48 Å². The molecule has 1 heterocycles. The van der Waals surface area contributed by atoms with Gasteiger partial charge < -0.3 is 7.48 Å². The summed E-state index contributed by atoms with van der Waals surface area (Å²) in [5.41, 5.74) is -0.0731. The van der Waals surface area contributed by atoms with E-state index in [9.17, 15) is 4.79 Å². The maximum Gasteiger partial charge on any atom is 0.390 e. The lowest BCUT2D eigenvalue weighted by Crippen LogP contribution is -1.91. The van der Waals surface area contributed by atoms with Gasteiger partial charge in [0.05, 0.1) is 5.39 Å². The van der Waals surface area contributed by atoms with E-state index in [1.54, 1.807) is 41.2 Å². The van der Waals surface area contributed by atoms with Crippen molar-refractivity contribution in [2.24, 2.45) is 0 Å². The third-order valence-corrected chi connectivity index (χ3v) is 2.05. The highest BCUT2D eigenvalue weighted by Gasteiger charge is 1.98. The van der Waals surface area contributed by atoms with E-state index >= 15 is 0 Å². The predicted octanol–water partition coefficient (Wildman–Crippen LogP) is 2.12. The summed E-state index contributed by atoms with van der Waals surface area (Å²) >= 11 is 1.76. The summed E-state index contributed by atoms with van der Waals surface area (Å²) in [6, 6.07) is 10.2. The van der Waals surface area contributed by atoms with Crippen LogP contribution in [0, 0.1) is 12.1 Å². The van der Waals surface area contributed by atoms with Crippen LogP contribution in [0.25, 0.3) is 11.0 Å². The number of fused-ring (bicyclic) bond motifs is 1. The molecule has 0 bridgehead atoms. The Morgan fingerprint density at radius 2 is 2.23 bits per heavy atom. The van der Waals surface area contributed by atoms with Gasteiger partial charge in [-0.3, -0.25) is 0 Å². The molecule has 0 saturated carbocycles. The average Bonchev–Trinajstić information content (AvgIpc) is 2.16. The van der Waals surface area contributed by atoms with Gasteiger partial charge in [-0.2, -0.15) is 0 Å². The van der Waals surface area contributed by atoms with Crippen LogP contribution in [0.15, 0.2) is 27.4 Å². The molecule has 0 aliphatic carbocycles. The zero-order valence-electron chi connectivity index (χ0n) is 6.33.